The van der Waals surface area contributed by atoms with Crippen LogP contribution >= 0.6 is 11.6 Å². The van der Waals surface area contributed by atoms with Crippen molar-refractivity contribution < 1.29 is 19.4 Å². The number of hydrogen-bond donors (Lipinski definition) is 2. The van der Waals surface area contributed by atoms with Gasteiger partial charge in [-0.1, -0.05) is 17.7 Å². The fraction of sp³-hybridized carbons (Fsp3) is 0.467. The monoisotopic (exact) mass is 309 g/mol. The van der Waals surface area contributed by atoms with Gasteiger partial charge in [0.25, 0.3) is 0 Å². The van der Waals surface area contributed by atoms with E-state index in [0.29, 0.717) is 17.1 Å². The smallest absolute Gasteiger partial charge is 0.310 e. The summed E-state index contributed by atoms with van der Waals surface area (Å²) in [4.78, 5) is 23.8. The van der Waals surface area contributed by atoms with Crippen LogP contribution in [0.1, 0.15) is 18.4 Å². The molecule has 0 saturated carbocycles. The van der Waals surface area contributed by atoms with E-state index in [1.165, 1.54) is 0 Å². The molecule has 0 unspecified atom stereocenters. The Kier molecular flexibility index (Phi) is 3.63. The summed E-state index contributed by atoms with van der Waals surface area (Å²) in [7, 11) is 0. The molecule has 2 fully saturated rings. The van der Waals surface area contributed by atoms with Crippen LogP contribution < -0.4 is 5.32 Å². The number of carbonyl (C=O) groups is 2. The van der Waals surface area contributed by atoms with Gasteiger partial charge >= 0.3 is 5.97 Å². The molecule has 1 aromatic carbocycles. The number of halogens is 1. The first-order chi connectivity index (χ1) is 9.97. The number of carbonyl (C=O) groups excluding carboxylic acids is 1. The maximum atomic E-state index is 12.4. The number of nitrogens with one attached hydrogen (secondary N) is 1. The van der Waals surface area contributed by atoms with Gasteiger partial charge in [-0.2, -0.15) is 0 Å². The minimum atomic E-state index is -0.968. The number of hydrogen-bond acceptors (Lipinski definition) is 3. The molecule has 3 rings (SSSR count). The summed E-state index contributed by atoms with van der Waals surface area (Å²) in [6, 6.07) is 5.23. The first kappa shape index (κ1) is 14.4. The minimum absolute atomic E-state index is 0.294. The van der Waals surface area contributed by atoms with E-state index in [1.54, 1.807) is 12.1 Å². The van der Waals surface area contributed by atoms with Gasteiger partial charge in [-0.05, 0) is 37.5 Å². The Bertz CT molecular complexity index is 603. The average Bonchev–Trinajstić information content (AvgIpc) is 3.03. The number of ether oxygens (including phenoxy) is 1. The average molecular weight is 310 g/mol. The fourth-order valence-corrected chi connectivity index (χ4v) is 3.40. The van der Waals surface area contributed by atoms with Crippen LogP contribution in [0, 0.1) is 18.8 Å². The molecule has 5 nitrogen and oxygen atoms in total. The highest BCUT2D eigenvalue weighted by molar-refractivity contribution is 6.31. The molecule has 2 N–H and O–H groups in total. The summed E-state index contributed by atoms with van der Waals surface area (Å²) in [6.45, 7) is 1.87. The van der Waals surface area contributed by atoms with Crippen molar-refractivity contribution in [1.29, 1.82) is 0 Å². The zero-order valence-electron chi connectivity index (χ0n) is 11.5. The van der Waals surface area contributed by atoms with Gasteiger partial charge in [-0.15, -0.1) is 0 Å². The zero-order valence-corrected chi connectivity index (χ0v) is 12.3. The van der Waals surface area contributed by atoms with Gasteiger partial charge < -0.3 is 15.2 Å². The summed E-state index contributed by atoms with van der Waals surface area (Å²) in [5.74, 6) is -2.68. The SMILES string of the molecule is Cc1ccc(NC(=O)[C@H]2[C@@H](C(=O)O)[C@H]3CC[C@H]2O3)cc1Cl. The second-order valence-corrected chi connectivity index (χ2v) is 6.04. The normalized spacial score (nSPS) is 30.4. The van der Waals surface area contributed by atoms with Crippen molar-refractivity contribution in [2.75, 3.05) is 5.32 Å². The number of rotatable bonds is 3. The Morgan fingerprint density at radius 1 is 1.29 bits per heavy atom. The lowest BCUT2D eigenvalue weighted by Gasteiger charge is -2.23. The fourth-order valence-electron chi connectivity index (χ4n) is 3.22. The van der Waals surface area contributed by atoms with Crippen LogP contribution in [-0.4, -0.2) is 29.2 Å². The molecule has 0 spiro atoms. The molecule has 1 aromatic rings. The van der Waals surface area contributed by atoms with E-state index in [9.17, 15) is 14.7 Å². The lowest BCUT2D eigenvalue weighted by atomic mass is 9.78. The molecule has 6 heteroatoms. The van der Waals surface area contributed by atoms with Gasteiger partial charge in [-0.3, -0.25) is 9.59 Å². The molecule has 1 amide bonds. The van der Waals surface area contributed by atoms with Crippen LogP contribution in [-0.2, 0) is 14.3 Å². The molecule has 112 valence electrons. The van der Waals surface area contributed by atoms with Crippen molar-refractivity contribution in [3.05, 3.63) is 28.8 Å². The van der Waals surface area contributed by atoms with E-state index >= 15 is 0 Å². The number of benzene rings is 1. The maximum Gasteiger partial charge on any atom is 0.310 e. The summed E-state index contributed by atoms with van der Waals surface area (Å²) in [6.07, 6.45) is 0.810. The lowest BCUT2D eigenvalue weighted by Crippen LogP contribution is -2.40. The van der Waals surface area contributed by atoms with Crippen LogP contribution in [0.5, 0.6) is 0 Å². The highest BCUT2D eigenvalue weighted by Crippen LogP contribution is 2.44. The van der Waals surface area contributed by atoms with Gasteiger partial charge in [-0.25, -0.2) is 0 Å². The molecule has 4 atom stereocenters. The van der Waals surface area contributed by atoms with E-state index < -0.39 is 17.8 Å². The summed E-state index contributed by atoms with van der Waals surface area (Å²) < 4.78 is 5.59. The summed E-state index contributed by atoms with van der Waals surface area (Å²) in [5, 5.41) is 12.6. The highest BCUT2D eigenvalue weighted by atomic mass is 35.5. The molecule has 0 aromatic heterocycles. The van der Waals surface area contributed by atoms with Crippen LogP contribution in [0.25, 0.3) is 0 Å². The standard InChI is InChI=1S/C15H16ClNO4/c1-7-2-3-8(6-9(7)16)17-14(18)12-10-4-5-11(21-10)13(12)15(19)20/h2-3,6,10-13H,4-5H2,1H3,(H,17,18)(H,19,20)/t10-,11-,12-,13+/m1/s1. The van der Waals surface area contributed by atoms with E-state index in [-0.39, 0.29) is 18.1 Å². The number of carboxylic acid groups (broad SMARTS) is 1. The molecule has 2 heterocycles. The summed E-state index contributed by atoms with van der Waals surface area (Å²) >= 11 is 6.03. The molecule has 2 aliphatic heterocycles. The van der Waals surface area contributed by atoms with E-state index in [4.69, 9.17) is 16.3 Å². The van der Waals surface area contributed by atoms with Gasteiger partial charge in [0.1, 0.15) is 0 Å². The van der Waals surface area contributed by atoms with Crippen LogP contribution in [0.15, 0.2) is 18.2 Å². The molecular formula is C15H16ClNO4. The Labute approximate surface area is 127 Å². The third-order valence-corrected chi connectivity index (χ3v) is 4.71. The molecule has 2 aliphatic rings. The molecule has 0 radical (unpaired) electrons. The number of aryl methyl sites for hydroxylation is 1. The maximum absolute atomic E-state index is 12.4. The molecule has 0 aliphatic carbocycles. The van der Waals surface area contributed by atoms with E-state index in [1.807, 2.05) is 13.0 Å². The number of amides is 1. The predicted molar refractivity (Wildman–Crippen MR) is 77.3 cm³/mol. The Morgan fingerprint density at radius 3 is 2.57 bits per heavy atom. The summed E-state index contributed by atoms with van der Waals surface area (Å²) in [5.41, 5.74) is 1.49. The third-order valence-electron chi connectivity index (χ3n) is 4.30. The van der Waals surface area contributed by atoms with Crippen LogP contribution in [0.2, 0.25) is 5.02 Å². The highest BCUT2D eigenvalue weighted by Gasteiger charge is 2.55. The van der Waals surface area contributed by atoms with Gasteiger partial charge in [0, 0.05) is 10.7 Å². The van der Waals surface area contributed by atoms with Crippen LogP contribution in [0.4, 0.5) is 5.69 Å². The molecule has 2 bridgehead atoms. The lowest BCUT2D eigenvalue weighted by molar-refractivity contribution is -0.147. The van der Waals surface area contributed by atoms with Gasteiger partial charge in [0.05, 0.1) is 24.0 Å². The minimum Gasteiger partial charge on any atom is -0.481 e. The first-order valence-electron chi connectivity index (χ1n) is 6.92. The van der Waals surface area contributed by atoms with Gasteiger partial charge in [0.2, 0.25) is 5.91 Å². The second kappa shape index (κ2) is 5.31. The molecule has 21 heavy (non-hydrogen) atoms. The number of fused-ring (bicyclic) bond motifs is 2. The molecule has 2 saturated heterocycles. The quantitative estimate of drug-likeness (QED) is 0.899. The first-order valence-corrected chi connectivity index (χ1v) is 7.30. The van der Waals surface area contributed by atoms with Crippen molar-refractivity contribution in [3.63, 3.8) is 0 Å². The topological polar surface area (TPSA) is 75.6 Å². The Balaban J connectivity index is 1.78. The van der Waals surface area contributed by atoms with E-state index in [0.717, 1.165) is 12.0 Å². The second-order valence-electron chi connectivity index (χ2n) is 5.63. The van der Waals surface area contributed by atoms with Crippen molar-refractivity contribution in [1.82, 2.24) is 0 Å². The van der Waals surface area contributed by atoms with Crippen molar-refractivity contribution >= 4 is 29.2 Å². The van der Waals surface area contributed by atoms with Crippen molar-refractivity contribution in [3.8, 4) is 0 Å². The zero-order chi connectivity index (χ0) is 15.1. The Morgan fingerprint density at radius 2 is 1.95 bits per heavy atom. The Hall–Kier alpha value is -1.59. The number of anilines is 1. The predicted octanol–water partition coefficient (Wildman–Crippen LogP) is 2.47. The van der Waals surface area contributed by atoms with Gasteiger partial charge in [0.15, 0.2) is 0 Å². The number of aliphatic carboxylic acids is 1. The van der Waals surface area contributed by atoms with Crippen molar-refractivity contribution in [2.45, 2.75) is 32.0 Å². The number of carboxylic acids is 1. The largest absolute Gasteiger partial charge is 0.481 e. The van der Waals surface area contributed by atoms with Crippen LogP contribution in [0.3, 0.4) is 0 Å². The van der Waals surface area contributed by atoms with Crippen molar-refractivity contribution in [2.24, 2.45) is 11.8 Å². The van der Waals surface area contributed by atoms with E-state index in [2.05, 4.69) is 5.32 Å². The third kappa shape index (κ3) is 2.51. The molecular weight excluding hydrogens is 294 g/mol.